The molecule has 100 valence electrons. The maximum atomic E-state index is 6.11. The van der Waals surface area contributed by atoms with Gasteiger partial charge in [0.2, 0.25) is 0 Å². The van der Waals surface area contributed by atoms with E-state index in [1.807, 2.05) is 54.2 Å². The Labute approximate surface area is 128 Å². The van der Waals surface area contributed by atoms with Crippen molar-refractivity contribution in [3.8, 4) is 0 Å². The first kappa shape index (κ1) is 14.6. The molecule has 0 aromatic heterocycles. The average molecular weight is 312 g/mol. The third kappa shape index (κ3) is 4.98. The Kier molecular flexibility index (Phi) is 5.90. The summed E-state index contributed by atoms with van der Waals surface area (Å²) in [6, 6.07) is 15.7. The van der Waals surface area contributed by atoms with Gasteiger partial charge in [-0.3, -0.25) is 0 Å². The maximum absolute atomic E-state index is 6.11. The number of hydrogen-bond acceptors (Lipinski definition) is 2. The standard InChI is InChI=1S/C15H15Cl2NS/c16-13-5-7-14(8-6-13)18-9-10-19-11-12-3-1-2-4-15(12)17/h1-8,18H,9-11H2. The predicted octanol–water partition coefficient (Wildman–Crippen LogP) is 5.34. The van der Waals surface area contributed by atoms with E-state index < -0.39 is 0 Å². The van der Waals surface area contributed by atoms with Crippen molar-refractivity contribution in [1.29, 1.82) is 0 Å². The summed E-state index contributed by atoms with van der Waals surface area (Å²) in [5, 5.41) is 4.97. The van der Waals surface area contributed by atoms with Crippen LogP contribution in [0.5, 0.6) is 0 Å². The Balaban J connectivity index is 1.67. The molecule has 0 heterocycles. The largest absolute Gasteiger partial charge is 0.384 e. The highest BCUT2D eigenvalue weighted by Gasteiger charge is 1.98. The molecule has 0 aliphatic rings. The Bertz CT molecular complexity index is 514. The second kappa shape index (κ2) is 7.68. The fourth-order valence-corrected chi connectivity index (χ4v) is 2.90. The van der Waals surface area contributed by atoms with Gasteiger partial charge in [-0.25, -0.2) is 0 Å². The van der Waals surface area contributed by atoms with Gasteiger partial charge in [-0.2, -0.15) is 11.8 Å². The smallest absolute Gasteiger partial charge is 0.0446 e. The highest BCUT2D eigenvalue weighted by atomic mass is 35.5. The molecule has 0 saturated carbocycles. The summed E-state index contributed by atoms with van der Waals surface area (Å²) in [5.74, 6) is 1.98. The summed E-state index contributed by atoms with van der Waals surface area (Å²) >= 11 is 13.8. The van der Waals surface area contributed by atoms with Crippen molar-refractivity contribution in [3.05, 3.63) is 64.1 Å². The van der Waals surface area contributed by atoms with Crippen LogP contribution in [-0.4, -0.2) is 12.3 Å². The highest BCUT2D eigenvalue weighted by Crippen LogP contribution is 2.20. The molecule has 0 fully saturated rings. The molecule has 0 amide bonds. The van der Waals surface area contributed by atoms with E-state index in [0.29, 0.717) is 0 Å². The lowest BCUT2D eigenvalue weighted by molar-refractivity contribution is 1.22. The molecule has 4 heteroatoms. The van der Waals surface area contributed by atoms with E-state index in [0.717, 1.165) is 33.8 Å². The lowest BCUT2D eigenvalue weighted by atomic mass is 10.2. The van der Waals surface area contributed by atoms with Gasteiger partial charge < -0.3 is 5.32 Å². The van der Waals surface area contributed by atoms with Crippen LogP contribution in [0.2, 0.25) is 10.0 Å². The summed E-state index contributed by atoms with van der Waals surface area (Å²) in [7, 11) is 0. The lowest BCUT2D eigenvalue weighted by Crippen LogP contribution is -2.03. The normalized spacial score (nSPS) is 10.4. The molecule has 0 aliphatic carbocycles. The number of rotatable bonds is 6. The van der Waals surface area contributed by atoms with E-state index in [4.69, 9.17) is 23.2 Å². The minimum atomic E-state index is 0.763. The molecule has 2 aromatic carbocycles. The van der Waals surface area contributed by atoms with E-state index in [1.165, 1.54) is 5.56 Å². The zero-order valence-corrected chi connectivity index (χ0v) is 12.7. The minimum absolute atomic E-state index is 0.763. The average Bonchev–Trinajstić information content (AvgIpc) is 2.42. The van der Waals surface area contributed by atoms with Crippen LogP contribution in [0.25, 0.3) is 0 Å². The van der Waals surface area contributed by atoms with Crippen LogP contribution in [-0.2, 0) is 5.75 Å². The molecular weight excluding hydrogens is 297 g/mol. The van der Waals surface area contributed by atoms with Gasteiger partial charge in [0.05, 0.1) is 0 Å². The lowest BCUT2D eigenvalue weighted by Gasteiger charge is -2.07. The van der Waals surface area contributed by atoms with Gasteiger partial charge in [0.15, 0.2) is 0 Å². The zero-order valence-electron chi connectivity index (χ0n) is 10.4. The maximum Gasteiger partial charge on any atom is 0.0446 e. The van der Waals surface area contributed by atoms with Gasteiger partial charge in [0.25, 0.3) is 0 Å². The van der Waals surface area contributed by atoms with Gasteiger partial charge in [-0.1, -0.05) is 41.4 Å². The second-order valence-electron chi connectivity index (χ2n) is 4.08. The van der Waals surface area contributed by atoms with Crippen molar-refractivity contribution in [2.75, 3.05) is 17.6 Å². The molecule has 0 atom stereocenters. The molecule has 0 bridgehead atoms. The topological polar surface area (TPSA) is 12.0 Å². The van der Waals surface area contributed by atoms with Crippen LogP contribution in [0.4, 0.5) is 5.69 Å². The second-order valence-corrected chi connectivity index (χ2v) is 6.03. The minimum Gasteiger partial charge on any atom is -0.384 e. The summed E-state index contributed by atoms with van der Waals surface area (Å²) in [4.78, 5) is 0. The van der Waals surface area contributed by atoms with Gasteiger partial charge in [0, 0.05) is 33.8 Å². The molecule has 1 nitrogen and oxygen atoms in total. The van der Waals surface area contributed by atoms with E-state index in [1.54, 1.807) is 0 Å². The van der Waals surface area contributed by atoms with Crippen molar-refractivity contribution >= 4 is 40.7 Å². The monoisotopic (exact) mass is 311 g/mol. The number of benzene rings is 2. The number of thioether (sulfide) groups is 1. The Morgan fingerprint density at radius 3 is 2.42 bits per heavy atom. The predicted molar refractivity (Wildman–Crippen MR) is 87.6 cm³/mol. The highest BCUT2D eigenvalue weighted by molar-refractivity contribution is 7.98. The number of nitrogens with one attached hydrogen (secondary N) is 1. The van der Waals surface area contributed by atoms with Crippen LogP contribution < -0.4 is 5.32 Å². The van der Waals surface area contributed by atoms with Crippen molar-refractivity contribution in [1.82, 2.24) is 0 Å². The SMILES string of the molecule is Clc1ccc(NCCSCc2ccccc2Cl)cc1. The van der Waals surface area contributed by atoms with Crippen molar-refractivity contribution in [3.63, 3.8) is 0 Å². The summed E-state index contributed by atoms with van der Waals surface area (Å²) in [6.45, 7) is 0.927. The van der Waals surface area contributed by atoms with Gasteiger partial charge >= 0.3 is 0 Å². The number of halogens is 2. The van der Waals surface area contributed by atoms with E-state index in [9.17, 15) is 0 Å². The fraction of sp³-hybridized carbons (Fsp3) is 0.200. The van der Waals surface area contributed by atoms with Crippen LogP contribution in [0.1, 0.15) is 5.56 Å². The van der Waals surface area contributed by atoms with Crippen molar-refractivity contribution in [2.45, 2.75) is 5.75 Å². The zero-order chi connectivity index (χ0) is 13.5. The van der Waals surface area contributed by atoms with Crippen LogP contribution in [0.3, 0.4) is 0 Å². The van der Waals surface area contributed by atoms with Gasteiger partial charge in [-0.15, -0.1) is 0 Å². The molecule has 0 saturated heterocycles. The van der Waals surface area contributed by atoms with Crippen molar-refractivity contribution < 1.29 is 0 Å². The summed E-state index contributed by atoms with van der Waals surface area (Å²) in [6.07, 6.45) is 0. The van der Waals surface area contributed by atoms with Crippen molar-refractivity contribution in [2.24, 2.45) is 0 Å². The third-order valence-corrected chi connectivity index (χ3v) is 4.26. The molecular formula is C15H15Cl2NS. The van der Waals surface area contributed by atoms with Crippen LogP contribution in [0.15, 0.2) is 48.5 Å². The quantitative estimate of drug-likeness (QED) is 0.723. The number of anilines is 1. The van der Waals surface area contributed by atoms with Gasteiger partial charge in [0.1, 0.15) is 0 Å². The molecule has 2 aromatic rings. The third-order valence-electron chi connectivity index (χ3n) is 2.64. The summed E-state index contributed by atoms with van der Waals surface area (Å²) < 4.78 is 0. The first-order valence-corrected chi connectivity index (χ1v) is 7.97. The first-order chi connectivity index (χ1) is 9.25. The molecule has 2 rings (SSSR count). The van der Waals surface area contributed by atoms with E-state index in [-0.39, 0.29) is 0 Å². The Hall–Kier alpha value is -0.830. The van der Waals surface area contributed by atoms with Crippen LogP contribution >= 0.6 is 35.0 Å². The number of hydrogen-bond donors (Lipinski definition) is 1. The van der Waals surface area contributed by atoms with E-state index in [2.05, 4.69) is 11.4 Å². The molecule has 0 radical (unpaired) electrons. The molecule has 0 spiro atoms. The van der Waals surface area contributed by atoms with Gasteiger partial charge in [-0.05, 0) is 35.9 Å². The first-order valence-electron chi connectivity index (χ1n) is 6.06. The molecule has 0 unspecified atom stereocenters. The Morgan fingerprint density at radius 2 is 1.68 bits per heavy atom. The van der Waals surface area contributed by atoms with E-state index >= 15 is 0 Å². The van der Waals surface area contributed by atoms with Crippen LogP contribution in [0, 0.1) is 0 Å². The fourth-order valence-electron chi connectivity index (χ4n) is 1.63. The summed E-state index contributed by atoms with van der Waals surface area (Å²) in [5.41, 5.74) is 2.29. The molecule has 0 aliphatic heterocycles. The molecule has 1 N–H and O–H groups in total. The Morgan fingerprint density at radius 1 is 0.947 bits per heavy atom. The molecule has 19 heavy (non-hydrogen) atoms.